The summed E-state index contributed by atoms with van der Waals surface area (Å²) in [4.78, 5) is 35.9. The maximum Gasteiger partial charge on any atom is 0.422 e. The molecule has 9 nitrogen and oxygen atoms in total. The van der Waals surface area contributed by atoms with E-state index in [-0.39, 0.29) is 17.5 Å². The number of aromatic amines is 1. The largest absolute Gasteiger partial charge is 0.450 e. The average molecular weight is 403 g/mol. The van der Waals surface area contributed by atoms with Gasteiger partial charge in [-0.2, -0.15) is 13.2 Å². The monoisotopic (exact) mass is 403 g/mol. The number of alkyl halides is 3. The van der Waals surface area contributed by atoms with Crippen molar-refractivity contribution < 1.29 is 37.5 Å². The van der Waals surface area contributed by atoms with Crippen LogP contribution < -0.4 is 5.32 Å². The highest BCUT2D eigenvalue weighted by Gasteiger charge is 2.58. The Kier molecular flexibility index (Phi) is 5.64. The smallest absolute Gasteiger partial charge is 0.422 e. The number of fused-ring (bicyclic) bond motifs is 1. The number of aliphatic hydroxyl groups is 1. The van der Waals surface area contributed by atoms with E-state index in [0.717, 1.165) is 25.1 Å². The van der Waals surface area contributed by atoms with Gasteiger partial charge in [-0.15, -0.1) is 0 Å². The van der Waals surface area contributed by atoms with E-state index in [1.165, 1.54) is 6.92 Å². The first-order valence-electron chi connectivity index (χ1n) is 7.94. The molecule has 1 unspecified atom stereocenters. The first-order valence-corrected chi connectivity index (χ1v) is 7.94. The van der Waals surface area contributed by atoms with Crippen LogP contribution in [0.3, 0.4) is 0 Å². The number of para-hydroxylation sites is 1. The van der Waals surface area contributed by atoms with Gasteiger partial charge in [-0.05, 0) is 13.8 Å². The van der Waals surface area contributed by atoms with Gasteiger partial charge in [0, 0.05) is 23.4 Å². The van der Waals surface area contributed by atoms with Gasteiger partial charge in [0.2, 0.25) is 0 Å². The van der Waals surface area contributed by atoms with Gasteiger partial charge >= 0.3 is 12.3 Å². The third kappa shape index (κ3) is 3.76. The highest BCUT2D eigenvalue weighted by atomic mass is 19.4. The van der Waals surface area contributed by atoms with E-state index < -0.39 is 52.1 Å². The summed E-state index contributed by atoms with van der Waals surface area (Å²) in [5.41, 5.74) is -5.56. The second kappa shape index (κ2) is 7.46. The van der Waals surface area contributed by atoms with Crippen LogP contribution in [0.1, 0.15) is 25.8 Å². The molecule has 0 aliphatic rings. The molecule has 0 spiro atoms. The van der Waals surface area contributed by atoms with Gasteiger partial charge in [0.05, 0.1) is 11.5 Å². The number of nitrogens with one attached hydrogen (secondary N) is 2. The van der Waals surface area contributed by atoms with Crippen LogP contribution >= 0.6 is 0 Å². The minimum absolute atomic E-state index is 0.0987. The zero-order valence-electron chi connectivity index (χ0n) is 14.7. The number of ether oxygens (including phenoxy) is 1. The lowest BCUT2D eigenvalue weighted by Crippen LogP contribution is -2.44. The number of nitro groups is 1. The first-order chi connectivity index (χ1) is 12.9. The number of rotatable bonds is 6. The minimum atomic E-state index is -5.33. The van der Waals surface area contributed by atoms with Gasteiger partial charge < -0.3 is 14.8 Å². The van der Waals surface area contributed by atoms with E-state index in [1.807, 2.05) is 5.32 Å². The van der Waals surface area contributed by atoms with E-state index >= 15 is 0 Å². The van der Waals surface area contributed by atoms with Crippen LogP contribution in [0.5, 0.6) is 0 Å². The molecule has 12 heteroatoms. The quantitative estimate of drug-likeness (QED) is 0.500. The van der Waals surface area contributed by atoms with Gasteiger partial charge in [0.15, 0.2) is 5.60 Å². The summed E-state index contributed by atoms with van der Waals surface area (Å²) in [6.07, 6.45) is -7.84. The number of nitro benzene ring substituents is 1. The molecule has 0 radical (unpaired) electrons. The van der Waals surface area contributed by atoms with Crippen molar-refractivity contribution in [3.63, 3.8) is 0 Å². The van der Waals surface area contributed by atoms with Crippen molar-refractivity contribution in [1.82, 2.24) is 4.98 Å². The number of halogens is 3. The molecule has 2 rings (SSSR count). The Labute approximate surface area is 155 Å². The summed E-state index contributed by atoms with van der Waals surface area (Å²) in [7, 11) is 0. The maximum absolute atomic E-state index is 13.8. The van der Waals surface area contributed by atoms with Crippen LogP contribution in [-0.4, -0.2) is 39.7 Å². The molecule has 2 aromatic rings. The van der Waals surface area contributed by atoms with Crippen LogP contribution in [0.4, 0.5) is 29.5 Å². The fourth-order valence-electron chi connectivity index (χ4n) is 2.84. The maximum atomic E-state index is 13.8. The van der Waals surface area contributed by atoms with Gasteiger partial charge in [0.1, 0.15) is 17.1 Å². The minimum Gasteiger partial charge on any atom is -0.450 e. The van der Waals surface area contributed by atoms with E-state index in [0.29, 0.717) is 0 Å². The molecule has 1 amide bonds. The normalized spacial score (nSPS) is 13.8. The Morgan fingerprint density at radius 1 is 1.36 bits per heavy atom. The summed E-state index contributed by atoms with van der Waals surface area (Å²) in [5.74, 6) is -1.65. The van der Waals surface area contributed by atoms with E-state index in [2.05, 4.69) is 9.72 Å². The summed E-state index contributed by atoms with van der Waals surface area (Å²) < 4.78 is 46.0. The molecular weight excluding hydrogens is 387 g/mol. The van der Waals surface area contributed by atoms with Gasteiger partial charge in [-0.1, -0.05) is 12.1 Å². The Bertz CT molecular complexity index is 940. The number of hydrogen-bond acceptors (Lipinski definition) is 6. The molecule has 1 aromatic heterocycles. The third-order valence-corrected chi connectivity index (χ3v) is 3.90. The number of H-pyrrole nitrogens is 1. The lowest BCUT2D eigenvalue weighted by molar-refractivity contribution is -0.383. The van der Waals surface area contributed by atoms with Crippen LogP contribution in [-0.2, 0) is 15.1 Å². The molecule has 3 N–H and O–H groups in total. The Morgan fingerprint density at radius 3 is 2.50 bits per heavy atom. The lowest BCUT2D eigenvalue weighted by Gasteiger charge is -2.30. The second-order valence-corrected chi connectivity index (χ2v) is 5.91. The average Bonchev–Trinajstić information content (AvgIpc) is 2.90. The van der Waals surface area contributed by atoms with Crippen LogP contribution in [0.15, 0.2) is 18.2 Å². The fraction of sp³-hybridized carbons (Fsp3) is 0.375. The number of Topliss-reactive ketones (excluding diaryl/α,β-unsaturated/α-hetero) is 1. The molecule has 1 aromatic carbocycles. The number of carbonyl (C=O) groups excluding carboxylic acids is 2. The summed E-state index contributed by atoms with van der Waals surface area (Å²) in [6, 6.07) is 3.26. The summed E-state index contributed by atoms with van der Waals surface area (Å²) in [5, 5.41) is 23.4. The van der Waals surface area contributed by atoms with Gasteiger partial charge in [-0.3, -0.25) is 20.2 Å². The summed E-state index contributed by atoms with van der Waals surface area (Å²) in [6.45, 7) is 2.21. The molecule has 1 heterocycles. The van der Waals surface area contributed by atoms with Crippen LogP contribution in [0, 0.1) is 10.1 Å². The Balaban J connectivity index is 2.86. The van der Waals surface area contributed by atoms with Crippen LogP contribution in [0.25, 0.3) is 10.9 Å². The molecule has 0 saturated heterocycles. The molecule has 0 bridgehead atoms. The third-order valence-electron chi connectivity index (χ3n) is 3.90. The predicted octanol–water partition coefficient (Wildman–Crippen LogP) is 3.37. The summed E-state index contributed by atoms with van der Waals surface area (Å²) >= 11 is 0. The number of carbonyl (C=O) groups is 2. The standard InChI is InChI=1S/C16H16F3N3O6/c1-3-28-14(24)21-13-11(15(25,7-8(2)23)16(17,18)19)9-5-4-6-10(22(26)27)12(9)20-13/h4-6,20,25H,3,7H2,1-2H3,(H,21,24). The van der Waals surface area contributed by atoms with E-state index in [1.54, 1.807) is 0 Å². The molecule has 0 saturated carbocycles. The van der Waals surface area contributed by atoms with Crippen molar-refractivity contribution in [3.8, 4) is 0 Å². The van der Waals surface area contributed by atoms with E-state index in [9.17, 15) is 38.0 Å². The molecular formula is C16H16F3N3O6. The molecule has 0 aliphatic heterocycles. The molecule has 0 fully saturated rings. The number of anilines is 1. The Morgan fingerprint density at radius 2 is 2.00 bits per heavy atom. The SMILES string of the molecule is CCOC(=O)Nc1[nH]c2c([N+](=O)[O-])cccc2c1C(O)(CC(C)=O)C(F)(F)F. The zero-order chi connectivity index (χ0) is 21.3. The van der Waals surface area contributed by atoms with Crippen LogP contribution in [0.2, 0.25) is 0 Å². The molecule has 0 aliphatic carbocycles. The number of hydrogen-bond donors (Lipinski definition) is 3. The number of aromatic nitrogens is 1. The van der Waals surface area contributed by atoms with Crippen molar-refractivity contribution in [1.29, 1.82) is 0 Å². The number of nitrogens with zero attached hydrogens (tertiary/aromatic N) is 1. The van der Waals surface area contributed by atoms with Crippen molar-refractivity contribution in [2.75, 3.05) is 11.9 Å². The van der Waals surface area contributed by atoms with Crippen molar-refractivity contribution in [2.45, 2.75) is 32.0 Å². The van der Waals surface area contributed by atoms with Crippen molar-refractivity contribution >= 4 is 34.3 Å². The topological polar surface area (TPSA) is 135 Å². The molecule has 1 atom stereocenters. The van der Waals surface area contributed by atoms with Crippen molar-refractivity contribution in [2.24, 2.45) is 0 Å². The number of amides is 1. The fourth-order valence-corrected chi connectivity index (χ4v) is 2.84. The van der Waals surface area contributed by atoms with Gasteiger partial charge in [0.25, 0.3) is 5.69 Å². The Hall–Kier alpha value is -3.15. The number of benzene rings is 1. The van der Waals surface area contributed by atoms with Gasteiger partial charge in [-0.25, -0.2) is 4.79 Å². The highest BCUT2D eigenvalue weighted by molar-refractivity contribution is 5.99. The lowest BCUT2D eigenvalue weighted by atomic mass is 9.87. The second-order valence-electron chi connectivity index (χ2n) is 5.91. The first kappa shape index (κ1) is 21.2. The molecule has 28 heavy (non-hydrogen) atoms. The number of non-ortho nitro benzene ring substituents is 1. The van der Waals surface area contributed by atoms with E-state index in [4.69, 9.17) is 0 Å². The van der Waals surface area contributed by atoms with Crippen molar-refractivity contribution in [3.05, 3.63) is 33.9 Å². The predicted molar refractivity (Wildman–Crippen MR) is 90.8 cm³/mol. The highest BCUT2D eigenvalue weighted by Crippen LogP contribution is 2.48. The zero-order valence-corrected chi connectivity index (χ0v) is 14.7. The molecule has 152 valence electrons. The number of ketones is 1.